The average molecular weight is 277 g/mol. The highest BCUT2D eigenvalue weighted by Gasteiger charge is 2.19. The zero-order valence-corrected chi connectivity index (χ0v) is 13.1. The number of carbonyl (C=O) groups excluding carboxylic acids is 1. The molecule has 0 aliphatic heterocycles. The van der Waals surface area contributed by atoms with Gasteiger partial charge in [-0.25, -0.2) is 0 Å². The first-order valence-corrected chi connectivity index (χ1v) is 7.43. The Bertz CT molecular complexity index is 441. The van der Waals surface area contributed by atoms with Gasteiger partial charge >= 0.3 is 0 Å². The molecule has 112 valence electrons. The topological polar surface area (TPSA) is 58.4 Å². The van der Waals surface area contributed by atoms with Crippen molar-refractivity contribution in [3.63, 3.8) is 0 Å². The molecule has 0 aliphatic rings. The predicted octanol–water partition coefficient (Wildman–Crippen LogP) is 3.18. The summed E-state index contributed by atoms with van der Waals surface area (Å²) in [5, 5.41) is 0. The van der Waals surface area contributed by atoms with E-state index in [1.807, 2.05) is 36.9 Å². The van der Waals surface area contributed by atoms with Crippen LogP contribution in [0.4, 0.5) is 5.69 Å². The lowest BCUT2D eigenvalue weighted by Gasteiger charge is -2.26. The number of aryl methyl sites for hydroxylation is 1. The summed E-state index contributed by atoms with van der Waals surface area (Å²) in [6.45, 7) is 9.91. The van der Waals surface area contributed by atoms with Gasteiger partial charge in [0.15, 0.2) is 0 Å². The highest BCUT2D eigenvalue weighted by Crippen LogP contribution is 2.18. The zero-order chi connectivity index (χ0) is 15.1. The molecule has 0 bridgehead atoms. The molecular weight excluding hydrogens is 250 g/mol. The number of benzene rings is 1. The van der Waals surface area contributed by atoms with Gasteiger partial charge < -0.3 is 10.3 Å². The van der Waals surface area contributed by atoms with Crippen LogP contribution < -0.4 is 11.3 Å². The van der Waals surface area contributed by atoms with Crippen LogP contribution in [0.5, 0.6) is 0 Å². The monoisotopic (exact) mass is 277 g/mol. The minimum atomic E-state index is 0.112. The number of nitrogens with two attached hydrogens (primary N) is 1. The van der Waals surface area contributed by atoms with Gasteiger partial charge in [-0.2, -0.15) is 0 Å². The Morgan fingerprint density at radius 3 is 2.40 bits per heavy atom. The first-order chi connectivity index (χ1) is 9.57. The van der Waals surface area contributed by atoms with E-state index in [0.717, 1.165) is 42.7 Å². The smallest absolute Gasteiger partial charge is 0.254 e. The molecule has 1 rings (SSSR count). The summed E-state index contributed by atoms with van der Waals surface area (Å²) in [5.74, 6) is 6.07. The van der Waals surface area contributed by atoms with Gasteiger partial charge in [-0.1, -0.05) is 26.7 Å². The van der Waals surface area contributed by atoms with E-state index in [0.29, 0.717) is 5.92 Å². The third-order valence-electron chi connectivity index (χ3n) is 3.93. The minimum Gasteiger partial charge on any atom is -0.339 e. The van der Waals surface area contributed by atoms with Crippen molar-refractivity contribution < 1.29 is 4.79 Å². The molecule has 1 aromatic rings. The van der Waals surface area contributed by atoms with E-state index in [4.69, 9.17) is 5.84 Å². The maximum absolute atomic E-state index is 12.6. The van der Waals surface area contributed by atoms with E-state index in [-0.39, 0.29) is 5.91 Å². The van der Waals surface area contributed by atoms with Crippen molar-refractivity contribution in [2.75, 3.05) is 18.5 Å². The summed E-state index contributed by atoms with van der Waals surface area (Å²) in [4.78, 5) is 14.6. The molecule has 1 aromatic carbocycles. The molecular formula is C16H27N3O. The molecule has 3 N–H and O–H groups in total. The molecule has 0 unspecified atom stereocenters. The Morgan fingerprint density at radius 2 is 1.95 bits per heavy atom. The van der Waals surface area contributed by atoms with Gasteiger partial charge in [0.25, 0.3) is 5.91 Å². The number of carbonyl (C=O) groups is 1. The molecule has 0 spiro atoms. The Hall–Kier alpha value is -1.55. The number of hydrazine groups is 1. The minimum absolute atomic E-state index is 0.112. The molecule has 4 heteroatoms. The van der Waals surface area contributed by atoms with Crippen molar-refractivity contribution in [1.29, 1.82) is 0 Å². The Morgan fingerprint density at radius 1 is 1.30 bits per heavy atom. The van der Waals surface area contributed by atoms with Crippen LogP contribution in [0.2, 0.25) is 0 Å². The fourth-order valence-electron chi connectivity index (χ4n) is 2.38. The van der Waals surface area contributed by atoms with Crippen molar-refractivity contribution in [3.05, 3.63) is 29.3 Å². The van der Waals surface area contributed by atoms with Gasteiger partial charge in [0.1, 0.15) is 0 Å². The molecule has 0 saturated carbocycles. The van der Waals surface area contributed by atoms with Gasteiger partial charge in [-0.15, -0.1) is 0 Å². The van der Waals surface area contributed by atoms with E-state index < -0.39 is 0 Å². The van der Waals surface area contributed by atoms with E-state index >= 15 is 0 Å². The average Bonchev–Trinajstić information content (AvgIpc) is 2.47. The number of nitrogen functional groups attached to an aromatic ring is 1. The predicted molar refractivity (Wildman–Crippen MR) is 84.6 cm³/mol. The Labute approximate surface area is 122 Å². The van der Waals surface area contributed by atoms with Crippen molar-refractivity contribution in [2.24, 2.45) is 11.8 Å². The molecule has 4 nitrogen and oxygen atoms in total. The summed E-state index contributed by atoms with van der Waals surface area (Å²) in [6.07, 6.45) is 2.21. The van der Waals surface area contributed by atoms with E-state index in [1.54, 1.807) is 0 Å². The normalized spacial score (nSPS) is 10.7. The standard InChI is InChI=1S/C16H27N3O/c1-5-13(6-2)11-19(7-3)16(20)15-9-8-14(18-17)10-12(15)4/h8-10,13,18H,5-7,11,17H2,1-4H3. The lowest BCUT2D eigenvalue weighted by atomic mass is 10.0. The zero-order valence-electron chi connectivity index (χ0n) is 13.1. The first-order valence-electron chi connectivity index (χ1n) is 7.43. The largest absolute Gasteiger partial charge is 0.339 e. The van der Waals surface area contributed by atoms with Crippen LogP contribution >= 0.6 is 0 Å². The molecule has 0 aliphatic carbocycles. The fraction of sp³-hybridized carbons (Fsp3) is 0.562. The number of rotatable bonds is 7. The van der Waals surface area contributed by atoms with Gasteiger partial charge in [0, 0.05) is 24.3 Å². The van der Waals surface area contributed by atoms with Crippen LogP contribution in [0.1, 0.15) is 49.5 Å². The summed E-state index contributed by atoms with van der Waals surface area (Å²) in [5.41, 5.74) is 5.14. The van der Waals surface area contributed by atoms with E-state index in [2.05, 4.69) is 19.3 Å². The quantitative estimate of drug-likeness (QED) is 0.594. The molecule has 1 amide bonds. The van der Waals surface area contributed by atoms with Gasteiger partial charge in [-0.05, 0) is 43.5 Å². The van der Waals surface area contributed by atoms with Crippen LogP contribution in [0.15, 0.2) is 18.2 Å². The van der Waals surface area contributed by atoms with Crippen molar-refractivity contribution in [3.8, 4) is 0 Å². The number of anilines is 1. The highest BCUT2D eigenvalue weighted by molar-refractivity contribution is 5.96. The second kappa shape index (κ2) is 7.90. The maximum Gasteiger partial charge on any atom is 0.254 e. The van der Waals surface area contributed by atoms with E-state index in [1.165, 1.54) is 0 Å². The molecule has 0 fully saturated rings. The summed E-state index contributed by atoms with van der Waals surface area (Å²) in [6, 6.07) is 5.59. The van der Waals surface area contributed by atoms with Crippen LogP contribution in [0, 0.1) is 12.8 Å². The number of amides is 1. The van der Waals surface area contributed by atoms with E-state index in [9.17, 15) is 4.79 Å². The molecule has 0 aromatic heterocycles. The number of hydrogen-bond acceptors (Lipinski definition) is 3. The third kappa shape index (κ3) is 3.97. The van der Waals surface area contributed by atoms with Crippen molar-refractivity contribution in [2.45, 2.75) is 40.5 Å². The Kier molecular flexibility index (Phi) is 6.52. The summed E-state index contributed by atoms with van der Waals surface area (Å²) in [7, 11) is 0. The second-order valence-electron chi connectivity index (χ2n) is 5.20. The Balaban J connectivity index is 2.90. The van der Waals surface area contributed by atoms with Crippen LogP contribution in [0.3, 0.4) is 0 Å². The fourth-order valence-corrected chi connectivity index (χ4v) is 2.38. The van der Waals surface area contributed by atoms with Gasteiger partial charge in [0.05, 0.1) is 0 Å². The van der Waals surface area contributed by atoms with Crippen LogP contribution in [-0.2, 0) is 0 Å². The summed E-state index contributed by atoms with van der Waals surface area (Å²) < 4.78 is 0. The third-order valence-corrected chi connectivity index (χ3v) is 3.93. The molecule has 0 heterocycles. The number of nitrogens with one attached hydrogen (secondary N) is 1. The highest BCUT2D eigenvalue weighted by atomic mass is 16.2. The maximum atomic E-state index is 12.6. The molecule has 0 saturated heterocycles. The SMILES string of the molecule is CCC(CC)CN(CC)C(=O)c1ccc(NN)cc1C. The van der Waals surface area contributed by atoms with Crippen LogP contribution in [0.25, 0.3) is 0 Å². The first kappa shape index (κ1) is 16.5. The summed E-state index contributed by atoms with van der Waals surface area (Å²) >= 11 is 0. The van der Waals surface area contributed by atoms with Crippen LogP contribution in [-0.4, -0.2) is 23.9 Å². The number of hydrogen-bond donors (Lipinski definition) is 2. The molecule has 20 heavy (non-hydrogen) atoms. The molecule has 0 atom stereocenters. The van der Waals surface area contributed by atoms with Gasteiger partial charge in [0.2, 0.25) is 0 Å². The lowest BCUT2D eigenvalue weighted by Crippen LogP contribution is -2.35. The van der Waals surface area contributed by atoms with Crippen molar-refractivity contribution >= 4 is 11.6 Å². The second-order valence-corrected chi connectivity index (χ2v) is 5.20. The number of nitrogens with zero attached hydrogens (tertiary/aromatic N) is 1. The van der Waals surface area contributed by atoms with Gasteiger partial charge in [-0.3, -0.25) is 10.6 Å². The lowest BCUT2D eigenvalue weighted by molar-refractivity contribution is 0.0734. The molecule has 0 radical (unpaired) electrons. The van der Waals surface area contributed by atoms with Crippen molar-refractivity contribution in [1.82, 2.24) is 4.90 Å².